The van der Waals surface area contributed by atoms with E-state index in [0.717, 1.165) is 31.2 Å². The van der Waals surface area contributed by atoms with Gasteiger partial charge in [-0.1, -0.05) is 0 Å². The zero-order chi connectivity index (χ0) is 11.0. The highest BCUT2D eigenvalue weighted by Crippen LogP contribution is 2.54. The molecular formula is C13H18N2O. The van der Waals surface area contributed by atoms with Crippen LogP contribution in [0.5, 0.6) is 0 Å². The lowest BCUT2D eigenvalue weighted by molar-refractivity contribution is -0.122. The topological polar surface area (TPSA) is 44.9 Å². The lowest BCUT2D eigenvalue weighted by Crippen LogP contribution is -2.27. The molecular weight excluding hydrogens is 200 g/mol. The fourth-order valence-electron chi connectivity index (χ4n) is 2.54. The Kier molecular flexibility index (Phi) is 2.46. The van der Waals surface area contributed by atoms with Gasteiger partial charge < -0.3 is 10.3 Å². The molecule has 1 heterocycles. The first-order valence-electron chi connectivity index (χ1n) is 6.24. The number of hydrogen-bond acceptors (Lipinski definition) is 1. The quantitative estimate of drug-likeness (QED) is 0.776. The number of carbonyl (C=O) groups is 1. The van der Waals surface area contributed by atoms with E-state index < -0.39 is 0 Å². The number of H-pyrrole nitrogens is 1. The Labute approximate surface area is 95.6 Å². The van der Waals surface area contributed by atoms with Gasteiger partial charge >= 0.3 is 0 Å². The van der Waals surface area contributed by atoms with Gasteiger partial charge in [-0.3, -0.25) is 4.79 Å². The van der Waals surface area contributed by atoms with Crippen LogP contribution in [-0.4, -0.2) is 17.4 Å². The summed E-state index contributed by atoms with van der Waals surface area (Å²) in [5, 5.41) is 3.04. The van der Waals surface area contributed by atoms with Crippen LogP contribution >= 0.6 is 0 Å². The average Bonchev–Trinajstić information content (AvgIpc) is 3.16. The molecule has 0 aromatic carbocycles. The molecule has 0 aliphatic heterocycles. The first-order valence-corrected chi connectivity index (χ1v) is 6.24. The predicted molar refractivity (Wildman–Crippen MR) is 61.8 cm³/mol. The second-order valence-corrected chi connectivity index (χ2v) is 5.08. The Morgan fingerprint density at radius 3 is 3.06 bits per heavy atom. The minimum atomic E-state index is 0.281. The van der Waals surface area contributed by atoms with Crippen molar-refractivity contribution in [2.24, 2.45) is 17.8 Å². The Bertz CT molecular complexity index is 367. The standard InChI is InChI=1S/C13H18N2O/c16-13(12-8-11(12)9-3-4-9)15-7-5-10-2-1-6-14-10/h1-2,6,9,11-12,14H,3-5,7-8H2,(H,15,16)/t11-,12+/m1/s1. The summed E-state index contributed by atoms with van der Waals surface area (Å²) in [6.45, 7) is 0.757. The van der Waals surface area contributed by atoms with E-state index >= 15 is 0 Å². The highest BCUT2D eigenvalue weighted by Gasteiger charge is 2.50. The molecule has 1 aromatic heterocycles. The molecule has 16 heavy (non-hydrogen) atoms. The summed E-state index contributed by atoms with van der Waals surface area (Å²) >= 11 is 0. The third-order valence-corrected chi connectivity index (χ3v) is 3.76. The van der Waals surface area contributed by atoms with Crippen LogP contribution in [-0.2, 0) is 11.2 Å². The summed E-state index contributed by atoms with van der Waals surface area (Å²) < 4.78 is 0. The molecule has 3 rings (SSSR count). The SMILES string of the molecule is O=C(NCCc1ccc[nH]1)[C@H]1C[C@@H]1C1CC1. The molecule has 1 amide bonds. The second kappa shape index (κ2) is 3.96. The Hall–Kier alpha value is -1.25. The van der Waals surface area contributed by atoms with Gasteiger partial charge in [0.25, 0.3) is 0 Å². The molecule has 3 heteroatoms. The van der Waals surface area contributed by atoms with Crippen molar-refractivity contribution in [1.82, 2.24) is 10.3 Å². The summed E-state index contributed by atoms with van der Waals surface area (Å²) in [7, 11) is 0. The van der Waals surface area contributed by atoms with Crippen molar-refractivity contribution in [3.05, 3.63) is 24.0 Å². The van der Waals surface area contributed by atoms with Crippen LogP contribution in [0.25, 0.3) is 0 Å². The van der Waals surface area contributed by atoms with Gasteiger partial charge in [0.05, 0.1) is 0 Å². The van der Waals surface area contributed by atoms with Gasteiger partial charge in [-0.15, -0.1) is 0 Å². The van der Waals surface area contributed by atoms with Crippen molar-refractivity contribution in [2.45, 2.75) is 25.7 Å². The zero-order valence-electron chi connectivity index (χ0n) is 9.41. The van der Waals surface area contributed by atoms with E-state index in [1.165, 1.54) is 18.5 Å². The van der Waals surface area contributed by atoms with E-state index in [0.29, 0.717) is 5.92 Å². The predicted octanol–water partition coefficient (Wildman–Crippen LogP) is 1.72. The van der Waals surface area contributed by atoms with Gasteiger partial charge in [0.15, 0.2) is 0 Å². The van der Waals surface area contributed by atoms with Crippen molar-refractivity contribution in [1.29, 1.82) is 0 Å². The van der Waals surface area contributed by atoms with E-state index in [4.69, 9.17) is 0 Å². The summed E-state index contributed by atoms with van der Waals surface area (Å²) in [6, 6.07) is 4.04. The van der Waals surface area contributed by atoms with E-state index in [9.17, 15) is 4.79 Å². The molecule has 86 valence electrons. The summed E-state index contributed by atoms with van der Waals surface area (Å²) in [4.78, 5) is 14.9. The van der Waals surface area contributed by atoms with Crippen LogP contribution in [0.1, 0.15) is 25.0 Å². The van der Waals surface area contributed by atoms with E-state index in [1.807, 2.05) is 12.3 Å². The molecule has 0 bridgehead atoms. The molecule has 2 aliphatic rings. The van der Waals surface area contributed by atoms with Gasteiger partial charge in [-0.2, -0.15) is 0 Å². The molecule has 2 saturated carbocycles. The number of carbonyl (C=O) groups excluding carboxylic acids is 1. The van der Waals surface area contributed by atoms with Crippen LogP contribution in [0.2, 0.25) is 0 Å². The smallest absolute Gasteiger partial charge is 0.223 e. The van der Waals surface area contributed by atoms with Crippen molar-refractivity contribution < 1.29 is 4.79 Å². The third-order valence-electron chi connectivity index (χ3n) is 3.76. The normalized spacial score (nSPS) is 27.8. The molecule has 0 radical (unpaired) electrons. The van der Waals surface area contributed by atoms with E-state index in [1.54, 1.807) is 0 Å². The van der Waals surface area contributed by atoms with Gasteiger partial charge in [0, 0.05) is 30.8 Å². The zero-order valence-corrected chi connectivity index (χ0v) is 9.41. The Morgan fingerprint density at radius 2 is 2.38 bits per heavy atom. The van der Waals surface area contributed by atoms with Crippen molar-refractivity contribution in [2.75, 3.05) is 6.54 Å². The molecule has 2 N–H and O–H groups in total. The fraction of sp³-hybridized carbons (Fsp3) is 0.615. The fourth-order valence-corrected chi connectivity index (χ4v) is 2.54. The molecule has 3 nitrogen and oxygen atoms in total. The van der Waals surface area contributed by atoms with Crippen LogP contribution in [0.15, 0.2) is 18.3 Å². The number of nitrogens with one attached hydrogen (secondary N) is 2. The van der Waals surface area contributed by atoms with Crippen LogP contribution in [0.3, 0.4) is 0 Å². The number of aromatic nitrogens is 1. The molecule has 0 saturated heterocycles. The summed E-state index contributed by atoms with van der Waals surface area (Å²) in [6.07, 6.45) is 6.67. The highest BCUT2D eigenvalue weighted by molar-refractivity contribution is 5.81. The number of aromatic amines is 1. The molecule has 1 aromatic rings. The van der Waals surface area contributed by atoms with E-state index in [2.05, 4.69) is 16.4 Å². The molecule has 0 spiro atoms. The number of amides is 1. The van der Waals surface area contributed by atoms with Gasteiger partial charge in [0.1, 0.15) is 0 Å². The third kappa shape index (κ3) is 2.13. The van der Waals surface area contributed by atoms with Crippen molar-refractivity contribution in [3.63, 3.8) is 0 Å². The average molecular weight is 218 g/mol. The van der Waals surface area contributed by atoms with Crippen LogP contribution in [0, 0.1) is 17.8 Å². The van der Waals surface area contributed by atoms with Crippen LogP contribution in [0.4, 0.5) is 0 Å². The second-order valence-electron chi connectivity index (χ2n) is 5.08. The minimum Gasteiger partial charge on any atom is -0.365 e. The summed E-state index contributed by atoms with van der Waals surface area (Å²) in [5.41, 5.74) is 1.19. The van der Waals surface area contributed by atoms with Gasteiger partial charge in [-0.05, 0) is 43.2 Å². The van der Waals surface area contributed by atoms with Gasteiger partial charge in [-0.25, -0.2) is 0 Å². The first-order chi connectivity index (χ1) is 7.84. The first kappa shape index (κ1) is 9.94. The maximum Gasteiger partial charge on any atom is 0.223 e. The molecule has 2 fully saturated rings. The minimum absolute atomic E-state index is 0.281. The molecule has 2 aliphatic carbocycles. The number of rotatable bonds is 5. The van der Waals surface area contributed by atoms with Gasteiger partial charge in [0.2, 0.25) is 5.91 Å². The largest absolute Gasteiger partial charge is 0.365 e. The maximum absolute atomic E-state index is 11.8. The lowest BCUT2D eigenvalue weighted by Gasteiger charge is -2.03. The number of hydrogen-bond donors (Lipinski definition) is 2. The van der Waals surface area contributed by atoms with Crippen LogP contribution < -0.4 is 5.32 Å². The lowest BCUT2D eigenvalue weighted by atomic mass is 10.2. The molecule has 0 unspecified atom stereocenters. The maximum atomic E-state index is 11.8. The Balaban J connectivity index is 1.37. The summed E-state index contributed by atoms with van der Waals surface area (Å²) in [5.74, 6) is 2.24. The monoisotopic (exact) mass is 218 g/mol. The van der Waals surface area contributed by atoms with Crippen molar-refractivity contribution in [3.8, 4) is 0 Å². The molecule has 2 atom stereocenters. The highest BCUT2D eigenvalue weighted by atomic mass is 16.2. The Morgan fingerprint density at radius 1 is 1.50 bits per heavy atom. The van der Waals surface area contributed by atoms with E-state index in [-0.39, 0.29) is 5.91 Å². The van der Waals surface area contributed by atoms with Crippen molar-refractivity contribution >= 4 is 5.91 Å².